The molecule has 2 unspecified atom stereocenters. The van der Waals surface area contributed by atoms with Crippen molar-refractivity contribution < 1.29 is 4.79 Å². The van der Waals surface area contributed by atoms with E-state index in [9.17, 15) is 4.79 Å². The SMILES string of the molecule is CC(=O)Nc1cccc(C(C)NC(C)C(C)(C)C)c1. The zero-order valence-electron chi connectivity index (χ0n) is 12.9. The van der Waals surface area contributed by atoms with Crippen molar-refractivity contribution in [1.82, 2.24) is 5.32 Å². The summed E-state index contributed by atoms with van der Waals surface area (Å²) < 4.78 is 0. The van der Waals surface area contributed by atoms with Gasteiger partial charge in [-0.05, 0) is 37.0 Å². The van der Waals surface area contributed by atoms with Crippen LogP contribution in [0.2, 0.25) is 0 Å². The van der Waals surface area contributed by atoms with Gasteiger partial charge >= 0.3 is 0 Å². The molecule has 1 aromatic carbocycles. The second-order valence-electron chi connectivity index (χ2n) is 6.28. The molecule has 0 heterocycles. The smallest absolute Gasteiger partial charge is 0.221 e. The highest BCUT2D eigenvalue weighted by Crippen LogP contribution is 2.23. The Morgan fingerprint density at radius 2 is 1.84 bits per heavy atom. The molecule has 19 heavy (non-hydrogen) atoms. The summed E-state index contributed by atoms with van der Waals surface area (Å²) in [7, 11) is 0. The van der Waals surface area contributed by atoms with Crippen LogP contribution in [-0.4, -0.2) is 11.9 Å². The molecule has 0 spiro atoms. The Balaban J connectivity index is 2.77. The van der Waals surface area contributed by atoms with E-state index in [0.717, 1.165) is 5.69 Å². The van der Waals surface area contributed by atoms with Crippen LogP contribution in [-0.2, 0) is 4.79 Å². The molecule has 0 aromatic heterocycles. The molecule has 2 N–H and O–H groups in total. The lowest BCUT2D eigenvalue weighted by atomic mass is 9.87. The van der Waals surface area contributed by atoms with E-state index in [-0.39, 0.29) is 17.4 Å². The molecule has 1 amide bonds. The van der Waals surface area contributed by atoms with Crippen molar-refractivity contribution in [2.75, 3.05) is 5.32 Å². The highest BCUT2D eigenvalue weighted by Gasteiger charge is 2.21. The predicted molar refractivity (Wildman–Crippen MR) is 81.2 cm³/mol. The maximum atomic E-state index is 11.1. The second-order valence-corrected chi connectivity index (χ2v) is 6.28. The molecule has 0 aliphatic carbocycles. The minimum absolute atomic E-state index is 0.0409. The van der Waals surface area contributed by atoms with Crippen molar-refractivity contribution in [3.8, 4) is 0 Å². The van der Waals surface area contributed by atoms with Crippen LogP contribution in [0.1, 0.15) is 53.1 Å². The number of amides is 1. The first-order chi connectivity index (χ1) is 8.70. The molecule has 1 rings (SSSR count). The number of carbonyl (C=O) groups is 1. The van der Waals surface area contributed by atoms with Crippen LogP contribution in [0.5, 0.6) is 0 Å². The third-order valence-electron chi connectivity index (χ3n) is 3.51. The molecule has 2 atom stereocenters. The summed E-state index contributed by atoms with van der Waals surface area (Å²) in [6.07, 6.45) is 0. The molecule has 0 fully saturated rings. The third-order valence-corrected chi connectivity index (χ3v) is 3.51. The van der Waals surface area contributed by atoms with Crippen LogP contribution in [0.25, 0.3) is 0 Å². The Hall–Kier alpha value is -1.35. The molecule has 0 aliphatic rings. The minimum Gasteiger partial charge on any atom is -0.326 e. The van der Waals surface area contributed by atoms with E-state index in [2.05, 4.69) is 51.3 Å². The maximum Gasteiger partial charge on any atom is 0.221 e. The average molecular weight is 262 g/mol. The Bertz CT molecular complexity index is 435. The third kappa shape index (κ3) is 5.03. The van der Waals surface area contributed by atoms with Crippen molar-refractivity contribution in [2.45, 2.75) is 53.6 Å². The first-order valence-corrected chi connectivity index (χ1v) is 6.83. The predicted octanol–water partition coefficient (Wildman–Crippen LogP) is 3.73. The average Bonchev–Trinajstić information content (AvgIpc) is 2.27. The van der Waals surface area contributed by atoms with Gasteiger partial charge in [-0.25, -0.2) is 0 Å². The van der Waals surface area contributed by atoms with Gasteiger partial charge in [0.1, 0.15) is 0 Å². The quantitative estimate of drug-likeness (QED) is 0.868. The number of benzene rings is 1. The molecule has 0 saturated carbocycles. The van der Waals surface area contributed by atoms with Crippen LogP contribution in [0, 0.1) is 5.41 Å². The zero-order chi connectivity index (χ0) is 14.6. The number of rotatable bonds is 4. The van der Waals surface area contributed by atoms with Gasteiger partial charge in [0.2, 0.25) is 5.91 Å². The van der Waals surface area contributed by atoms with E-state index in [1.54, 1.807) is 0 Å². The van der Waals surface area contributed by atoms with E-state index in [0.29, 0.717) is 6.04 Å². The molecule has 3 nitrogen and oxygen atoms in total. The fraction of sp³-hybridized carbons (Fsp3) is 0.562. The van der Waals surface area contributed by atoms with Crippen LogP contribution in [0.3, 0.4) is 0 Å². The number of nitrogens with one attached hydrogen (secondary N) is 2. The molecule has 0 saturated heterocycles. The molecule has 1 aromatic rings. The van der Waals surface area contributed by atoms with Gasteiger partial charge in [0.15, 0.2) is 0 Å². The van der Waals surface area contributed by atoms with Crippen molar-refractivity contribution in [3.05, 3.63) is 29.8 Å². The number of carbonyl (C=O) groups excluding carboxylic acids is 1. The summed E-state index contributed by atoms with van der Waals surface area (Å²) in [6.45, 7) is 12.6. The summed E-state index contributed by atoms with van der Waals surface area (Å²) in [5.41, 5.74) is 2.26. The number of hydrogen-bond donors (Lipinski definition) is 2. The van der Waals surface area contributed by atoms with E-state index >= 15 is 0 Å². The minimum atomic E-state index is -0.0409. The topological polar surface area (TPSA) is 41.1 Å². The molecular formula is C16H26N2O. The Kier molecular flexibility index (Phi) is 5.12. The van der Waals surface area contributed by atoms with E-state index in [4.69, 9.17) is 0 Å². The lowest BCUT2D eigenvalue weighted by Gasteiger charge is -2.31. The first kappa shape index (κ1) is 15.7. The summed E-state index contributed by atoms with van der Waals surface area (Å²) in [5.74, 6) is -0.0409. The van der Waals surface area contributed by atoms with Gasteiger partial charge in [-0.15, -0.1) is 0 Å². The standard InChI is InChI=1S/C16H26N2O/c1-11(17-12(2)16(4,5)6)14-8-7-9-15(10-14)18-13(3)19/h7-12,17H,1-6H3,(H,18,19). The van der Waals surface area contributed by atoms with E-state index in [1.807, 2.05) is 18.2 Å². The lowest BCUT2D eigenvalue weighted by molar-refractivity contribution is -0.114. The summed E-state index contributed by atoms with van der Waals surface area (Å²) >= 11 is 0. The Morgan fingerprint density at radius 3 is 2.37 bits per heavy atom. The van der Waals surface area contributed by atoms with Crippen molar-refractivity contribution in [2.24, 2.45) is 5.41 Å². The van der Waals surface area contributed by atoms with Crippen LogP contribution >= 0.6 is 0 Å². The monoisotopic (exact) mass is 262 g/mol. The second kappa shape index (κ2) is 6.20. The van der Waals surface area contributed by atoms with Gasteiger partial charge in [-0.3, -0.25) is 4.79 Å². The molecular weight excluding hydrogens is 236 g/mol. The van der Waals surface area contributed by atoms with Crippen molar-refractivity contribution in [3.63, 3.8) is 0 Å². The van der Waals surface area contributed by atoms with Gasteiger partial charge in [0, 0.05) is 24.7 Å². The molecule has 3 heteroatoms. The fourth-order valence-corrected chi connectivity index (χ4v) is 1.81. The molecule has 0 radical (unpaired) electrons. The molecule has 106 valence electrons. The van der Waals surface area contributed by atoms with Gasteiger partial charge in [0.25, 0.3) is 0 Å². The number of hydrogen-bond acceptors (Lipinski definition) is 2. The van der Waals surface area contributed by atoms with Crippen LogP contribution in [0.15, 0.2) is 24.3 Å². The van der Waals surface area contributed by atoms with Gasteiger partial charge < -0.3 is 10.6 Å². The first-order valence-electron chi connectivity index (χ1n) is 6.83. The van der Waals surface area contributed by atoms with Gasteiger partial charge in [-0.1, -0.05) is 32.9 Å². The molecule has 0 bridgehead atoms. The van der Waals surface area contributed by atoms with Crippen LogP contribution in [0.4, 0.5) is 5.69 Å². The number of anilines is 1. The fourth-order valence-electron chi connectivity index (χ4n) is 1.81. The summed E-state index contributed by atoms with van der Waals surface area (Å²) in [5, 5.41) is 6.42. The van der Waals surface area contributed by atoms with E-state index in [1.165, 1.54) is 12.5 Å². The van der Waals surface area contributed by atoms with Crippen molar-refractivity contribution in [1.29, 1.82) is 0 Å². The van der Waals surface area contributed by atoms with E-state index < -0.39 is 0 Å². The zero-order valence-corrected chi connectivity index (χ0v) is 12.9. The van der Waals surface area contributed by atoms with Crippen molar-refractivity contribution >= 4 is 11.6 Å². The highest BCUT2D eigenvalue weighted by atomic mass is 16.1. The lowest BCUT2D eigenvalue weighted by Crippen LogP contribution is -2.39. The van der Waals surface area contributed by atoms with Gasteiger partial charge in [-0.2, -0.15) is 0 Å². The highest BCUT2D eigenvalue weighted by molar-refractivity contribution is 5.88. The summed E-state index contributed by atoms with van der Waals surface area (Å²) in [4.78, 5) is 11.1. The molecule has 0 aliphatic heterocycles. The van der Waals surface area contributed by atoms with Crippen LogP contribution < -0.4 is 10.6 Å². The normalized spacial score (nSPS) is 14.8. The largest absolute Gasteiger partial charge is 0.326 e. The Morgan fingerprint density at radius 1 is 1.21 bits per heavy atom. The summed E-state index contributed by atoms with van der Waals surface area (Å²) in [6, 6.07) is 8.65. The van der Waals surface area contributed by atoms with Gasteiger partial charge in [0.05, 0.1) is 0 Å². The maximum absolute atomic E-state index is 11.1. The Labute approximate surface area is 116 Å².